The lowest BCUT2D eigenvalue weighted by molar-refractivity contribution is -0.128. The molecule has 0 spiro atoms. The molecule has 38 heavy (non-hydrogen) atoms. The molecule has 9 nitrogen and oxygen atoms in total. The number of carbonyl (C=O) groups is 2. The fourth-order valence-electron chi connectivity index (χ4n) is 4.26. The molecule has 0 aliphatic carbocycles. The number of aromatic nitrogens is 3. The Kier molecular flexibility index (Phi) is 6.94. The van der Waals surface area contributed by atoms with Crippen molar-refractivity contribution in [1.82, 2.24) is 20.3 Å². The second kappa shape index (κ2) is 10.3. The molecule has 5 rings (SSSR count). The number of rotatable bonds is 8. The van der Waals surface area contributed by atoms with Crippen LogP contribution < -0.4 is 19.7 Å². The molecule has 0 bridgehead atoms. The first-order chi connectivity index (χ1) is 18.3. The molecule has 0 radical (unpaired) electrons. The molecule has 4 aromatic rings. The van der Waals surface area contributed by atoms with Gasteiger partial charge in [0.2, 0.25) is 18.6 Å². The molecule has 196 valence electrons. The Balaban J connectivity index is 1.61. The van der Waals surface area contributed by atoms with Gasteiger partial charge in [0, 0.05) is 22.3 Å². The van der Waals surface area contributed by atoms with Crippen LogP contribution in [0.1, 0.15) is 38.8 Å². The van der Waals surface area contributed by atoms with Crippen molar-refractivity contribution in [2.45, 2.75) is 45.3 Å². The highest BCUT2D eigenvalue weighted by molar-refractivity contribution is 6.30. The molecule has 2 amide bonds. The van der Waals surface area contributed by atoms with Gasteiger partial charge in [0.15, 0.2) is 11.5 Å². The molecule has 1 atom stereocenters. The molecular formula is C28H28ClN5O4. The number of benzene rings is 3. The van der Waals surface area contributed by atoms with E-state index >= 15 is 0 Å². The number of halogens is 1. The number of fused-ring (bicyclic) bond motifs is 2. The lowest BCUT2D eigenvalue weighted by Gasteiger charge is -2.34. The first kappa shape index (κ1) is 25.5. The Morgan fingerprint density at radius 3 is 2.58 bits per heavy atom. The maximum atomic E-state index is 14.1. The molecule has 0 saturated carbocycles. The summed E-state index contributed by atoms with van der Waals surface area (Å²) in [5, 5.41) is 12.0. The Hall–Kier alpha value is -4.11. The molecule has 10 heteroatoms. The normalized spacial score (nSPS) is 13.4. The summed E-state index contributed by atoms with van der Waals surface area (Å²) in [6.07, 6.45) is 0.703. The van der Waals surface area contributed by atoms with Crippen molar-refractivity contribution in [2.24, 2.45) is 0 Å². The quantitative estimate of drug-likeness (QED) is 0.346. The third-order valence-corrected chi connectivity index (χ3v) is 6.90. The Bertz CT molecular complexity index is 1480. The standard InChI is InChI=1S/C28H28ClN5O4/c1-4-28(2,3)30-27(36)26(18-9-11-19(29)12-10-18)34(20-13-14-23-24(15-20)38-17-37-23)25(35)16-33-22-8-6-5-7-21(22)31-32-33/h5-15,26H,4,16-17H2,1-3H3,(H,30,36)/t26-/m0/s1. The minimum atomic E-state index is -0.999. The molecular weight excluding hydrogens is 506 g/mol. The third-order valence-electron chi connectivity index (χ3n) is 6.65. The van der Waals surface area contributed by atoms with Crippen molar-refractivity contribution in [2.75, 3.05) is 11.7 Å². The number of carbonyl (C=O) groups excluding carboxylic acids is 2. The monoisotopic (exact) mass is 533 g/mol. The first-order valence-electron chi connectivity index (χ1n) is 12.3. The fraction of sp³-hybridized carbons (Fsp3) is 0.286. The van der Waals surface area contributed by atoms with Gasteiger partial charge in [-0.1, -0.05) is 48.0 Å². The van der Waals surface area contributed by atoms with Crippen molar-refractivity contribution >= 4 is 40.1 Å². The van der Waals surface area contributed by atoms with E-state index in [1.807, 2.05) is 45.0 Å². The molecule has 3 aromatic carbocycles. The average Bonchev–Trinajstić information content (AvgIpc) is 3.54. The summed E-state index contributed by atoms with van der Waals surface area (Å²) in [6.45, 7) is 5.83. The number of ether oxygens (including phenoxy) is 2. The van der Waals surface area contributed by atoms with Crippen LogP contribution >= 0.6 is 11.6 Å². The van der Waals surface area contributed by atoms with E-state index in [1.54, 1.807) is 42.5 Å². The van der Waals surface area contributed by atoms with Crippen molar-refractivity contribution in [1.29, 1.82) is 0 Å². The van der Waals surface area contributed by atoms with Gasteiger partial charge in [0.05, 0.1) is 5.52 Å². The van der Waals surface area contributed by atoms with E-state index in [-0.39, 0.29) is 25.2 Å². The highest BCUT2D eigenvalue weighted by atomic mass is 35.5. The summed E-state index contributed by atoms with van der Waals surface area (Å²) in [5.74, 6) is 0.385. The van der Waals surface area contributed by atoms with E-state index in [0.29, 0.717) is 45.2 Å². The van der Waals surface area contributed by atoms with E-state index < -0.39 is 11.6 Å². The Morgan fingerprint density at radius 2 is 1.82 bits per heavy atom. The minimum absolute atomic E-state index is 0.0868. The molecule has 0 saturated heterocycles. The summed E-state index contributed by atoms with van der Waals surface area (Å²) < 4.78 is 12.6. The van der Waals surface area contributed by atoms with Crippen LogP contribution in [0.3, 0.4) is 0 Å². The zero-order valence-corrected chi connectivity index (χ0v) is 22.1. The number of anilines is 1. The van der Waals surface area contributed by atoms with Gasteiger partial charge in [0.25, 0.3) is 0 Å². The Labute approximate surface area is 225 Å². The van der Waals surface area contributed by atoms with E-state index in [2.05, 4.69) is 15.6 Å². The van der Waals surface area contributed by atoms with Crippen molar-refractivity contribution in [3.8, 4) is 11.5 Å². The summed E-state index contributed by atoms with van der Waals surface area (Å²) in [6, 6.07) is 18.5. The molecule has 0 fully saturated rings. The van der Waals surface area contributed by atoms with Crippen molar-refractivity contribution < 1.29 is 19.1 Å². The lowest BCUT2D eigenvalue weighted by Crippen LogP contribution is -2.51. The summed E-state index contributed by atoms with van der Waals surface area (Å²) >= 11 is 6.17. The maximum absolute atomic E-state index is 14.1. The fourth-order valence-corrected chi connectivity index (χ4v) is 4.39. The zero-order valence-electron chi connectivity index (χ0n) is 21.3. The van der Waals surface area contributed by atoms with Gasteiger partial charge in [-0.05, 0) is 62.2 Å². The predicted octanol–water partition coefficient (Wildman–Crippen LogP) is 4.89. The van der Waals surface area contributed by atoms with Crippen LogP contribution in [0, 0.1) is 0 Å². The summed E-state index contributed by atoms with van der Waals surface area (Å²) in [4.78, 5) is 29.6. The largest absolute Gasteiger partial charge is 0.454 e. The molecule has 1 aromatic heterocycles. The Morgan fingerprint density at radius 1 is 1.08 bits per heavy atom. The number of para-hydroxylation sites is 1. The van der Waals surface area contributed by atoms with Crippen LogP contribution in [-0.4, -0.2) is 39.1 Å². The van der Waals surface area contributed by atoms with E-state index in [9.17, 15) is 9.59 Å². The van der Waals surface area contributed by atoms with Crippen LogP contribution in [0.2, 0.25) is 5.02 Å². The van der Waals surface area contributed by atoms with E-state index in [0.717, 1.165) is 0 Å². The second-order valence-electron chi connectivity index (χ2n) is 9.72. The summed E-state index contributed by atoms with van der Waals surface area (Å²) in [7, 11) is 0. The number of hydrogen-bond acceptors (Lipinski definition) is 6. The minimum Gasteiger partial charge on any atom is -0.454 e. The van der Waals surface area contributed by atoms with Crippen LogP contribution in [0.15, 0.2) is 66.7 Å². The van der Waals surface area contributed by atoms with Crippen molar-refractivity contribution in [3.63, 3.8) is 0 Å². The van der Waals surface area contributed by atoms with Gasteiger partial charge in [-0.2, -0.15) is 0 Å². The SMILES string of the molecule is CCC(C)(C)NC(=O)[C@H](c1ccc(Cl)cc1)N(C(=O)Cn1nnc2ccccc21)c1ccc2c(c1)OCO2. The molecule has 0 unspecified atom stereocenters. The molecule has 1 aliphatic heterocycles. The van der Waals surface area contributed by atoms with Crippen molar-refractivity contribution in [3.05, 3.63) is 77.3 Å². The average molecular weight is 534 g/mol. The summed E-state index contributed by atoms with van der Waals surface area (Å²) in [5.41, 5.74) is 1.98. The number of hydrogen-bond donors (Lipinski definition) is 1. The zero-order chi connectivity index (χ0) is 26.9. The first-order valence-corrected chi connectivity index (χ1v) is 12.7. The maximum Gasteiger partial charge on any atom is 0.249 e. The van der Waals surface area contributed by atoms with E-state index in [4.69, 9.17) is 21.1 Å². The van der Waals surface area contributed by atoms with Gasteiger partial charge in [-0.15, -0.1) is 5.10 Å². The molecule has 1 aliphatic rings. The molecule has 2 heterocycles. The number of nitrogens with zero attached hydrogens (tertiary/aromatic N) is 4. The van der Waals surface area contributed by atoms with Gasteiger partial charge >= 0.3 is 0 Å². The third kappa shape index (κ3) is 5.15. The predicted molar refractivity (Wildman–Crippen MR) is 144 cm³/mol. The van der Waals surface area contributed by atoms with Gasteiger partial charge in [-0.25, -0.2) is 4.68 Å². The van der Waals surface area contributed by atoms with Crippen LogP contribution in [0.4, 0.5) is 5.69 Å². The number of nitrogens with one attached hydrogen (secondary N) is 1. The van der Waals surface area contributed by atoms with Gasteiger partial charge in [0.1, 0.15) is 18.1 Å². The lowest BCUT2D eigenvalue weighted by atomic mass is 9.98. The van der Waals surface area contributed by atoms with Crippen LogP contribution in [0.25, 0.3) is 11.0 Å². The van der Waals surface area contributed by atoms with Gasteiger partial charge < -0.3 is 14.8 Å². The molecule has 1 N–H and O–H groups in total. The van der Waals surface area contributed by atoms with E-state index in [1.165, 1.54) is 9.58 Å². The highest BCUT2D eigenvalue weighted by Crippen LogP contribution is 2.38. The smallest absolute Gasteiger partial charge is 0.249 e. The van der Waals surface area contributed by atoms with Crippen LogP contribution in [0.5, 0.6) is 11.5 Å². The van der Waals surface area contributed by atoms with Gasteiger partial charge in [-0.3, -0.25) is 14.5 Å². The second-order valence-corrected chi connectivity index (χ2v) is 10.2. The van der Waals surface area contributed by atoms with Crippen LogP contribution in [-0.2, 0) is 16.1 Å². The number of amides is 2. The highest BCUT2D eigenvalue weighted by Gasteiger charge is 2.36. The topological polar surface area (TPSA) is 98.6 Å².